The van der Waals surface area contributed by atoms with E-state index in [1.807, 2.05) is 17.6 Å². The molecule has 4 aromatic rings. The fourth-order valence-electron chi connectivity index (χ4n) is 3.54. The van der Waals surface area contributed by atoms with E-state index in [-0.39, 0.29) is 10.6 Å². The van der Waals surface area contributed by atoms with E-state index in [0.717, 1.165) is 26.4 Å². The van der Waals surface area contributed by atoms with Gasteiger partial charge in [-0.05, 0) is 63.8 Å². The lowest BCUT2D eigenvalue weighted by molar-refractivity contribution is 0.0977. The Morgan fingerprint density at radius 1 is 1.12 bits per heavy atom. The van der Waals surface area contributed by atoms with Gasteiger partial charge in [-0.25, -0.2) is 18.1 Å². The summed E-state index contributed by atoms with van der Waals surface area (Å²) < 4.78 is 30.1. The number of fused-ring (bicyclic) bond motifs is 1. The second-order valence-corrected chi connectivity index (χ2v) is 10.2. The Morgan fingerprint density at radius 3 is 2.52 bits per heavy atom. The number of carbonyl (C=O) groups excluding carboxylic acids is 1. The molecule has 1 aromatic heterocycles. The number of aromatic nitrogens is 2. The summed E-state index contributed by atoms with van der Waals surface area (Å²) in [5, 5.41) is 2.24. The zero-order valence-electron chi connectivity index (χ0n) is 18.2. The van der Waals surface area contributed by atoms with Crippen molar-refractivity contribution < 1.29 is 13.2 Å². The quantitative estimate of drug-likeness (QED) is 0.375. The summed E-state index contributed by atoms with van der Waals surface area (Å²) in [7, 11) is -4.02. The zero-order valence-corrected chi connectivity index (χ0v) is 20.6. The molecule has 0 spiro atoms. The fraction of sp³-hybridized carbons (Fsp3) is 0.120. The van der Waals surface area contributed by atoms with Gasteiger partial charge in [0.2, 0.25) is 0 Å². The molecular formula is C25H22BrN3O3S. The molecule has 0 saturated carbocycles. The third kappa shape index (κ3) is 4.77. The van der Waals surface area contributed by atoms with Crippen LogP contribution in [-0.2, 0) is 16.6 Å². The smallest absolute Gasteiger partial charge is 0.285 e. The number of hydrogen-bond acceptors (Lipinski definition) is 4. The van der Waals surface area contributed by atoms with Crippen LogP contribution in [0, 0.1) is 13.8 Å². The zero-order chi connectivity index (χ0) is 23.8. The Bertz CT molecular complexity index is 1490. The number of rotatable bonds is 6. The van der Waals surface area contributed by atoms with Crippen molar-refractivity contribution in [1.29, 1.82) is 0 Å². The molecule has 0 saturated heterocycles. The highest BCUT2D eigenvalue weighted by Crippen LogP contribution is 2.29. The molecule has 0 fully saturated rings. The molecule has 1 N–H and O–H groups in total. The molecule has 0 aliphatic carbocycles. The molecule has 0 aliphatic rings. The van der Waals surface area contributed by atoms with Crippen molar-refractivity contribution in [3.63, 3.8) is 0 Å². The van der Waals surface area contributed by atoms with Gasteiger partial charge in [0, 0.05) is 17.2 Å². The van der Waals surface area contributed by atoms with Crippen molar-refractivity contribution in [3.05, 3.63) is 100 Å². The highest BCUT2D eigenvalue weighted by atomic mass is 79.9. The number of hydrogen-bond donors (Lipinski definition) is 1. The minimum Gasteiger partial charge on any atom is -0.330 e. The number of sulfonamides is 1. The molecule has 33 heavy (non-hydrogen) atoms. The maximum Gasteiger partial charge on any atom is 0.285 e. The van der Waals surface area contributed by atoms with Gasteiger partial charge in [-0.15, -0.1) is 0 Å². The summed E-state index contributed by atoms with van der Waals surface area (Å²) >= 11 is 3.71. The third-order valence-corrected chi connectivity index (χ3v) is 7.68. The summed E-state index contributed by atoms with van der Waals surface area (Å²) in [6, 6.07) is 16.4. The van der Waals surface area contributed by atoms with Crippen molar-refractivity contribution >= 4 is 48.7 Å². The molecule has 0 aliphatic heterocycles. The maximum absolute atomic E-state index is 12.7. The second kappa shape index (κ2) is 8.96. The molecule has 4 rings (SSSR count). The normalized spacial score (nSPS) is 11.5. The predicted octanol–water partition coefficient (Wildman–Crippen LogP) is 5.23. The Morgan fingerprint density at radius 2 is 1.82 bits per heavy atom. The molecule has 8 heteroatoms. The van der Waals surface area contributed by atoms with E-state index < -0.39 is 15.9 Å². The van der Waals surface area contributed by atoms with Crippen LogP contribution in [0.15, 0.2) is 76.7 Å². The summed E-state index contributed by atoms with van der Waals surface area (Å²) in [5.74, 6) is -0.179. The molecule has 0 radical (unpaired) electrons. The number of carbonyl (C=O) groups is 1. The van der Waals surface area contributed by atoms with Gasteiger partial charge < -0.3 is 4.57 Å². The maximum atomic E-state index is 12.7. The number of halogens is 1. The molecule has 3 aromatic carbocycles. The van der Waals surface area contributed by atoms with Crippen LogP contribution in [-0.4, -0.2) is 23.9 Å². The van der Waals surface area contributed by atoms with Crippen LogP contribution in [0.2, 0.25) is 0 Å². The standard InChI is InChI=1S/C25H22BrN3O3S/c1-4-18-6-11-21(12-7-18)33(31,32)28-25(30)23-15-29(17(3)27-23)14-20-10-9-19-8-5-16(2)13-22(19)24(20)26/h4-13,15H,1,14H2,2-3H3,(H,28,30). The van der Waals surface area contributed by atoms with E-state index >= 15 is 0 Å². The van der Waals surface area contributed by atoms with Gasteiger partial charge in [-0.2, -0.15) is 0 Å². The summed E-state index contributed by atoms with van der Waals surface area (Å²) in [6.45, 7) is 7.94. The van der Waals surface area contributed by atoms with Crippen LogP contribution in [0.1, 0.15) is 33.0 Å². The monoisotopic (exact) mass is 523 g/mol. The van der Waals surface area contributed by atoms with Crippen molar-refractivity contribution in [1.82, 2.24) is 14.3 Å². The minimum absolute atomic E-state index is 0.00649. The average Bonchev–Trinajstić information content (AvgIpc) is 3.16. The topological polar surface area (TPSA) is 81.1 Å². The fourth-order valence-corrected chi connectivity index (χ4v) is 5.10. The van der Waals surface area contributed by atoms with Gasteiger partial charge in [0.15, 0.2) is 0 Å². The van der Waals surface area contributed by atoms with Crippen LogP contribution in [0.3, 0.4) is 0 Å². The lowest BCUT2D eigenvalue weighted by Gasteiger charge is -2.11. The molecular weight excluding hydrogens is 502 g/mol. The molecule has 1 heterocycles. The Labute approximate surface area is 201 Å². The van der Waals surface area contributed by atoms with Crippen LogP contribution < -0.4 is 4.72 Å². The molecule has 1 amide bonds. The molecule has 168 valence electrons. The summed E-state index contributed by atoms with van der Waals surface area (Å²) in [4.78, 5) is 16.9. The van der Waals surface area contributed by atoms with E-state index in [4.69, 9.17) is 0 Å². The van der Waals surface area contributed by atoms with E-state index in [0.29, 0.717) is 12.4 Å². The molecule has 0 bridgehead atoms. The Balaban J connectivity index is 1.57. The Kier molecular flexibility index (Phi) is 6.23. The first kappa shape index (κ1) is 22.9. The van der Waals surface area contributed by atoms with E-state index in [1.165, 1.54) is 17.7 Å². The van der Waals surface area contributed by atoms with Gasteiger partial charge in [0.1, 0.15) is 11.5 Å². The molecule has 6 nitrogen and oxygen atoms in total. The third-order valence-electron chi connectivity index (χ3n) is 5.39. The van der Waals surface area contributed by atoms with Crippen molar-refractivity contribution in [2.45, 2.75) is 25.3 Å². The number of nitrogens with zero attached hydrogens (tertiary/aromatic N) is 2. The van der Waals surface area contributed by atoms with Crippen molar-refractivity contribution in [2.75, 3.05) is 0 Å². The lowest BCUT2D eigenvalue weighted by atomic mass is 10.0. The highest BCUT2D eigenvalue weighted by Gasteiger charge is 2.21. The highest BCUT2D eigenvalue weighted by molar-refractivity contribution is 9.10. The SMILES string of the molecule is C=Cc1ccc(S(=O)(=O)NC(=O)c2cn(Cc3ccc4ccc(C)cc4c3Br)c(C)n2)cc1. The van der Waals surface area contributed by atoms with Gasteiger partial charge in [-0.1, -0.05) is 60.7 Å². The van der Waals surface area contributed by atoms with Gasteiger partial charge >= 0.3 is 0 Å². The van der Waals surface area contributed by atoms with Crippen LogP contribution in [0.4, 0.5) is 0 Å². The first-order chi connectivity index (χ1) is 15.7. The number of aryl methyl sites for hydroxylation is 2. The molecule has 0 unspecified atom stereocenters. The lowest BCUT2D eigenvalue weighted by Crippen LogP contribution is -2.30. The summed E-state index contributed by atoms with van der Waals surface area (Å²) in [6.07, 6.45) is 3.17. The first-order valence-corrected chi connectivity index (χ1v) is 12.5. The first-order valence-electron chi connectivity index (χ1n) is 10.2. The predicted molar refractivity (Wildman–Crippen MR) is 134 cm³/mol. The Hall–Kier alpha value is -3.23. The largest absolute Gasteiger partial charge is 0.330 e. The average molecular weight is 524 g/mol. The van der Waals surface area contributed by atoms with Crippen LogP contribution in [0.5, 0.6) is 0 Å². The van der Waals surface area contributed by atoms with Gasteiger partial charge in [0.05, 0.1) is 4.90 Å². The van der Waals surface area contributed by atoms with E-state index in [9.17, 15) is 13.2 Å². The number of imidazole rings is 1. The second-order valence-electron chi connectivity index (χ2n) is 7.77. The molecule has 0 atom stereocenters. The van der Waals surface area contributed by atoms with Crippen molar-refractivity contribution in [2.24, 2.45) is 0 Å². The number of benzene rings is 3. The number of amides is 1. The van der Waals surface area contributed by atoms with Crippen LogP contribution in [0.25, 0.3) is 16.8 Å². The van der Waals surface area contributed by atoms with Crippen molar-refractivity contribution in [3.8, 4) is 0 Å². The van der Waals surface area contributed by atoms with Gasteiger partial charge in [0.25, 0.3) is 15.9 Å². The van der Waals surface area contributed by atoms with Crippen LogP contribution >= 0.6 is 15.9 Å². The van der Waals surface area contributed by atoms with E-state index in [1.54, 1.807) is 31.3 Å². The van der Waals surface area contributed by atoms with Gasteiger partial charge in [-0.3, -0.25) is 4.79 Å². The number of nitrogens with one attached hydrogen (secondary N) is 1. The summed E-state index contributed by atoms with van der Waals surface area (Å²) in [5.41, 5.74) is 3.00. The minimum atomic E-state index is -4.02. The van der Waals surface area contributed by atoms with E-state index in [2.05, 4.69) is 56.5 Å².